The molecule has 0 bridgehead atoms. The second-order valence-corrected chi connectivity index (χ2v) is 3.61. The summed E-state index contributed by atoms with van der Waals surface area (Å²) < 4.78 is 13.4. The zero-order valence-electron chi connectivity index (χ0n) is 8.13. The van der Waals surface area contributed by atoms with Crippen LogP contribution in [0.25, 0.3) is 0 Å². The Balaban J connectivity index is 3.25. The lowest BCUT2D eigenvalue weighted by Crippen LogP contribution is -2.22. The summed E-state index contributed by atoms with van der Waals surface area (Å²) in [5.74, 6) is -2.55. The molecule has 0 heterocycles. The van der Waals surface area contributed by atoms with Crippen LogP contribution >= 0.6 is 11.6 Å². The third-order valence-electron chi connectivity index (χ3n) is 2.29. The van der Waals surface area contributed by atoms with Gasteiger partial charge in [-0.15, -0.1) is 0 Å². The minimum atomic E-state index is -1.07. The number of rotatable bonds is 3. The number of halogens is 2. The van der Waals surface area contributed by atoms with Gasteiger partial charge in [0.05, 0.1) is 10.9 Å². The molecule has 0 radical (unpaired) electrons. The summed E-state index contributed by atoms with van der Waals surface area (Å²) >= 11 is 5.56. The van der Waals surface area contributed by atoms with Crippen molar-refractivity contribution in [3.63, 3.8) is 0 Å². The van der Waals surface area contributed by atoms with Gasteiger partial charge in [0, 0.05) is 6.54 Å². The lowest BCUT2D eigenvalue weighted by Gasteiger charge is -2.14. The highest BCUT2D eigenvalue weighted by Crippen LogP contribution is 2.26. The molecule has 15 heavy (non-hydrogen) atoms. The summed E-state index contributed by atoms with van der Waals surface area (Å²) in [6, 6.07) is 2.83. The Labute approximate surface area is 91.7 Å². The topological polar surface area (TPSA) is 63.3 Å². The van der Waals surface area contributed by atoms with E-state index in [0.29, 0.717) is 5.56 Å². The van der Waals surface area contributed by atoms with Crippen LogP contribution in [0.15, 0.2) is 12.1 Å². The SMILES string of the molecule is Cc1c(C(CN)C(=O)O)ccc(Cl)c1F. The molecule has 3 N–H and O–H groups in total. The van der Waals surface area contributed by atoms with Gasteiger partial charge >= 0.3 is 5.97 Å². The molecule has 0 saturated carbocycles. The predicted molar refractivity (Wildman–Crippen MR) is 55.6 cm³/mol. The number of nitrogens with two attached hydrogens (primary N) is 1. The zero-order chi connectivity index (χ0) is 11.6. The van der Waals surface area contributed by atoms with Crippen molar-refractivity contribution in [2.24, 2.45) is 5.73 Å². The van der Waals surface area contributed by atoms with E-state index in [4.69, 9.17) is 22.4 Å². The van der Waals surface area contributed by atoms with Crippen molar-refractivity contribution in [3.8, 4) is 0 Å². The molecule has 0 aliphatic carbocycles. The molecule has 0 aliphatic rings. The Morgan fingerprint density at radius 2 is 2.27 bits per heavy atom. The number of hydrogen-bond acceptors (Lipinski definition) is 2. The van der Waals surface area contributed by atoms with Crippen LogP contribution < -0.4 is 5.73 Å². The molecule has 5 heteroatoms. The van der Waals surface area contributed by atoms with E-state index in [1.807, 2.05) is 0 Å². The number of carbonyl (C=O) groups is 1. The predicted octanol–water partition coefficient (Wildman–Crippen LogP) is 1.91. The largest absolute Gasteiger partial charge is 0.481 e. The molecule has 0 amide bonds. The van der Waals surface area contributed by atoms with Gasteiger partial charge in [0.15, 0.2) is 0 Å². The van der Waals surface area contributed by atoms with Crippen LogP contribution in [0.2, 0.25) is 5.02 Å². The molecule has 82 valence electrons. The van der Waals surface area contributed by atoms with Gasteiger partial charge < -0.3 is 10.8 Å². The van der Waals surface area contributed by atoms with Crippen molar-refractivity contribution in [1.82, 2.24) is 0 Å². The van der Waals surface area contributed by atoms with E-state index in [9.17, 15) is 9.18 Å². The number of aliphatic carboxylic acids is 1. The fraction of sp³-hybridized carbons (Fsp3) is 0.300. The van der Waals surface area contributed by atoms with Crippen molar-refractivity contribution in [1.29, 1.82) is 0 Å². The Hall–Kier alpha value is -1.13. The maximum atomic E-state index is 13.4. The van der Waals surface area contributed by atoms with Gasteiger partial charge in [0.1, 0.15) is 5.82 Å². The Bertz CT molecular complexity index is 395. The molecule has 0 saturated heterocycles. The van der Waals surface area contributed by atoms with E-state index in [1.165, 1.54) is 19.1 Å². The van der Waals surface area contributed by atoms with Crippen molar-refractivity contribution in [3.05, 3.63) is 34.1 Å². The second kappa shape index (κ2) is 4.59. The van der Waals surface area contributed by atoms with Gasteiger partial charge in [0.25, 0.3) is 0 Å². The standard InChI is InChI=1S/C10H11ClFNO2/c1-5-6(7(4-13)10(14)15)2-3-8(11)9(5)12/h2-3,7H,4,13H2,1H3,(H,14,15). The van der Waals surface area contributed by atoms with Crippen LogP contribution in [-0.2, 0) is 4.79 Å². The van der Waals surface area contributed by atoms with E-state index < -0.39 is 17.7 Å². The molecule has 0 aliphatic heterocycles. The molecule has 1 unspecified atom stereocenters. The van der Waals surface area contributed by atoms with E-state index in [-0.39, 0.29) is 17.1 Å². The van der Waals surface area contributed by atoms with Crippen LogP contribution in [0.4, 0.5) is 4.39 Å². The molecule has 3 nitrogen and oxygen atoms in total. The second-order valence-electron chi connectivity index (χ2n) is 3.20. The van der Waals surface area contributed by atoms with Crippen molar-refractivity contribution in [2.45, 2.75) is 12.8 Å². The highest BCUT2D eigenvalue weighted by molar-refractivity contribution is 6.30. The van der Waals surface area contributed by atoms with Crippen LogP contribution in [0.1, 0.15) is 17.0 Å². The number of carboxylic acids is 1. The average molecular weight is 232 g/mol. The van der Waals surface area contributed by atoms with Crippen molar-refractivity contribution in [2.75, 3.05) is 6.54 Å². The maximum absolute atomic E-state index is 13.4. The minimum absolute atomic E-state index is 0.0163. The number of carboxylic acid groups (broad SMARTS) is 1. The molecule has 1 atom stereocenters. The average Bonchev–Trinajstić information content (AvgIpc) is 2.18. The van der Waals surface area contributed by atoms with E-state index >= 15 is 0 Å². The van der Waals surface area contributed by atoms with Gasteiger partial charge in [-0.2, -0.15) is 0 Å². The van der Waals surface area contributed by atoms with Gasteiger partial charge in [-0.05, 0) is 24.1 Å². The van der Waals surface area contributed by atoms with Gasteiger partial charge in [-0.1, -0.05) is 17.7 Å². The molecular formula is C10H11ClFNO2. The smallest absolute Gasteiger partial charge is 0.312 e. The van der Waals surface area contributed by atoms with Gasteiger partial charge in [-0.3, -0.25) is 4.79 Å². The highest BCUT2D eigenvalue weighted by atomic mass is 35.5. The lowest BCUT2D eigenvalue weighted by molar-refractivity contribution is -0.138. The molecular weight excluding hydrogens is 221 g/mol. The maximum Gasteiger partial charge on any atom is 0.312 e. The first-order chi connectivity index (χ1) is 6.99. The molecule has 1 aromatic rings. The summed E-state index contributed by atoms with van der Waals surface area (Å²) in [6.07, 6.45) is 0. The van der Waals surface area contributed by atoms with E-state index in [1.54, 1.807) is 0 Å². The number of hydrogen-bond donors (Lipinski definition) is 2. The molecule has 0 spiro atoms. The van der Waals surface area contributed by atoms with E-state index in [2.05, 4.69) is 0 Å². The van der Waals surface area contributed by atoms with Gasteiger partial charge in [-0.25, -0.2) is 4.39 Å². The Morgan fingerprint density at radius 1 is 1.67 bits per heavy atom. The first kappa shape index (κ1) is 11.9. The van der Waals surface area contributed by atoms with Crippen LogP contribution in [0.5, 0.6) is 0 Å². The summed E-state index contributed by atoms with van der Waals surface area (Å²) in [7, 11) is 0. The normalized spacial score (nSPS) is 12.5. The summed E-state index contributed by atoms with van der Waals surface area (Å²) in [5.41, 5.74) is 5.93. The fourth-order valence-corrected chi connectivity index (χ4v) is 1.61. The van der Waals surface area contributed by atoms with Crippen LogP contribution in [-0.4, -0.2) is 17.6 Å². The third kappa shape index (κ3) is 2.27. The summed E-state index contributed by atoms with van der Waals surface area (Å²) in [5, 5.41) is 8.86. The quantitative estimate of drug-likeness (QED) is 0.835. The van der Waals surface area contributed by atoms with Crippen molar-refractivity contribution < 1.29 is 14.3 Å². The first-order valence-electron chi connectivity index (χ1n) is 4.36. The van der Waals surface area contributed by atoms with Gasteiger partial charge in [0.2, 0.25) is 0 Å². The first-order valence-corrected chi connectivity index (χ1v) is 4.74. The Kier molecular flexibility index (Phi) is 3.66. The Morgan fingerprint density at radius 3 is 2.73 bits per heavy atom. The minimum Gasteiger partial charge on any atom is -0.481 e. The molecule has 0 aromatic heterocycles. The molecule has 0 fully saturated rings. The summed E-state index contributed by atoms with van der Waals surface area (Å²) in [6.45, 7) is 1.42. The van der Waals surface area contributed by atoms with E-state index in [0.717, 1.165) is 0 Å². The van der Waals surface area contributed by atoms with Crippen LogP contribution in [0, 0.1) is 12.7 Å². The highest BCUT2D eigenvalue weighted by Gasteiger charge is 2.22. The van der Waals surface area contributed by atoms with Crippen molar-refractivity contribution >= 4 is 17.6 Å². The van der Waals surface area contributed by atoms with Crippen LogP contribution in [0.3, 0.4) is 0 Å². The lowest BCUT2D eigenvalue weighted by atomic mass is 9.95. The third-order valence-corrected chi connectivity index (χ3v) is 2.58. The molecule has 1 rings (SSSR count). The monoisotopic (exact) mass is 231 g/mol. The molecule has 1 aromatic carbocycles. The number of benzene rings is 1. The fourth-order valence-electron chi connectivity index (χ4n) is 1.41. The summed E-state index contributed by atoms with van der Waals surface area (Å²) in [4.78, 5) is 10.8. The zero-order valence-corrected chi connectivity index (χ0v) is 8.88.